The van der Waals surface area contributed by atoms with Crippen molar-refractivity contribution in [3.05, 3.63) is 47.5 Å². The number of hydrogen-bond acceptors (Lipinski definition) is 9. The van der Waals surface area contributed by atoms with Gasteiger partial charge in [-0.3, -0.25) is 39.1 Å². The molecule has 0 radical (unpaired) electrons. The maximum atomic E-state index is 14.5. The predicted octanol–water partition coefficient (Wildman–Crippen LogP) is 6.15. The van der Waals surface area contributed by atoms with Gasteiger partial charge in [0.1, 0.15) is 11.6 Å². The van der Waals surface area contributed by atoms with E-state index in [1.54, 1.807) is 55.0 Å². The molecule has 3 aromatic rings. The highest BCUT2D eigenvalue weighted by molar-refractivity contribution is 7.80. The zero-order chi connectivity index (χ0) is 44.9. The SMILES string of the molecule is Cn1nc(N2CCC(=O)NC2=O)c2cccc(NC(=O)CN3CCN(CCCC4CCC(N5C(=S)N(c6ccc(C#N)c(C(F)(F)F)c6)C(=O)C5(C)C)CC4)CC3C(F)(F)F)c21. The summed E-state index contributed by atoms with van der Waals surface area (Å²) in [5, 5.41) is 19.3. The number of rotatable bonds is 10. The summed E-state index contributed by atoms with van der Waals surface area (Å²) in [7, 11) is 1.61. The topological polar surface area (TPSA) is 150 Å². The molecule has 3 saturated heterocycles. The Morgan fingerprint density at radius 2 is 1.76 bits per heavy atom. The van der Waals surface area contributed by atoms with Crippen LogP contribution in [0.15, 0.2) is 36.4 Å². The molecule has 1 atom stereocenters. The standard InChI is InChI=1S/C41H46F6N10O4S/c1-39(2)36(60)56(27-14-11-25(21-48)29(20-27)40(42,43)44)38(62)57(39)26-12-9-24(10-13-26)6-5-16-53-18-19-54(31(22-53)41(45,46)47)23-33(59)49-30-8-4-7-28-34(30)52(3)51-35(28)55-17-15-32(58)50-37(55)61/h4,7-8,11,14,20,24,26,31H,5-6,9-10,12-13,15-19,22-23H2,1-3H3,(H,49,59)(H,50,58,61). The number of halogens is 6. The van der Waals surface area contributed by atoms with Gasteiger partial charge in [-0.1, -0.05) is 6.07 Å². The van der Waals surface area contributed by atoms with E-state index in [-0.39, 0.29) is 54.6 Å². The molecule has 62 heavy (non-hydrogen) atoms. The second-order valence-electron chi connectivity index (χ2n) is 16.8. The number of para-hydroxylation sites is 1. The van der Waals surface area contributed by atoms with Crippen LogP contribution in [0.4, 0.5) is 48.3 Å². The van der Waals surface area contributed by atoms with E-state index < -0.39 is 65.4 Å². The molecule has 14 nitrogen and oxygen atoms in total. The molecule has 3 aliphatic heterocycles. The Bertz CT molecular complexity index is 2320. The molecule has 0 bridgehead atoms. The van der Waals surface area contributed by atoms with E-state index in [0.29, 0.717) is 48.9 Å². The van der Waals surface area contributed by atoms with Crippen LogP contribution in [-0.4, -0.2) is 116 Å². The lowest BCUT2D eigenvalue weighted by Gasteiger charge is -2.42. The molecule has 2 aromatic carbocycles. The summed E-state index contributed by atoms with van der Waals surface area (Å²) in [6.07, 6.45) is -4.99. The number of piperazine rings is 1. The van der Waals surface area contributed by atoms with Crippen molar-refractivity contribution in [2.24, 2.45) is 13.0 Å². The van der Waals surface area contributed by atoms with Gasteiger partial charge in [0.15, 0.2) is 10.9 Å². The first-order valence-corrected chi connectivity index (χ1v) is 20.8. The summed E-state index contributed by atoms with van der Waals surface area (Å²) in [6.45, 7) is 3.50. The van der Waals surface area contributed by atoms with Crippen LogP contribution in [0, 0.1) is 17.2 Å². The lowest BCUT2D eigenvalue weighted by molar-refractivity contribution is -0.197. The maximum Gasteiger partial charge on any atom is 0.417 e. The molecule has 4 aliphatic rings. The largest absolute Gasteiger partial charge is 0.417 e. The number of imide groups is 1. The number of urea groups is 1. The Morgan fingerprint density at radius 3 is 2.42 bits per heavy atom. The van der Waals surface area contributed by atoms with Gasteiger partial charge in [-0.05, 0) is 107 Å². The Labute approximate surface area is 358 Å². The number of nitriles is 1. The molecule has 4 fully saturated rings. The van der Waals surface area contributed by atoms with Gasteiger partial charge in [-0.2, -0.15) is 36.7 Å². The van der Waals surface area contributed by atoms with E-state index in [4.69, 9.17) is 12.2 Å². The van der Waals surface area contributed by atoms with E-state index in [2.05, 4.69) is 15.7 Å². The van der Waals surface area contributed by atoms with Crippen LogP contribution < -0.4 is 20.4 Å². The van der Waals surface area contributed by atoms with Crippen molar-refractivity contribution in [3.8, 4) is 6.07 Å². The van der Waals surface area contributed by atoms with Crippen LogP contribution in [0.3, 0.4) is 0 Å². The first kappa shape index (κ1) is 44.7. The zero-order valence-corrected chi connectivity index (χ0v) is 35.1. The highest BCUT2D eigenvalue weighted by Crippen LogP contribution is 2.42. The number of fused-ring (bicyclic) bond motifs is 1. The average molecular weight is 889 g/mol. The van der Waals surface area contributed by atoms with Crippen LogP contribution in [0.1, 0.15) is 69.9 Å². The first-order chi connectivity index (χ1) is 29.2. The molecular weight excluding hydrogens is 843 g/mol. The normalized spacial score (nSPS) is 23.0. The molecular formula is C41H46F6N10O4S. The number of nitrogens with zero attached hydrogens (tertiary/aromatic N) is 8. The molecule has 0 spiro atoms. The fourth-order valence-electron chi connectivity index (χ4n) is 9.29. The average Bonchev–Trinajstić information content (AvgIpc) is 3.63. The maximum absolute atomic E-state index is 14.5. The number of aromatic nitrogens is 2. The monoisotopic (exact) mass is 888 g/mol. The number of nitrogens with one attached hydrogen (secondary N) is 2. The van der Waals surface area contributed by atoms with Crippen molar-refractivity contribution in [2.45, 2.75) is 88.8 Å². The zero-order valence-electron chi connectivity index (χ0n) is 34.3. The van der Waals surface area contributed by atoms with E-state index in [1.165, 1.54) is 15.6 Å². The quantitative estimate of drug-likeness (QED) is 0.179. The third kappa shape index (κ3) is 8.81. The number of amides is 5. The number of hydrogen-bond donors (Lipinski definition) is 2. The number of aryl methyl sites for hydroxylation is 1. The number of anilines is 3. The third-order valence-electron chi connectivity index (χ3n) is 12.4. The summed E-state index contributed by atoms with van der Waals surface area (Å²) in [4.78, 5) is 58.3. The summed E-state index contributed by atoms with van der Waals surface area (Å²) < 4.78 is 86.2. The van der Waals surface area contributed by atoms with Crippen LogP contribution in [0.25, 0.3) is 10.9 Å². The third-order valence-corrected chi connectivity index (χ3v) is 12.8. The smallest absolute Gasteiger partial charge is 0.331 e. The number of benzene rings is 2. The van der Waals surface area contributed by atoms with Gasteiger partial charge in [0.05, 0.1) is 40.6 Å². The fourth-order valence-corrected chi connectivity index (χ4v) is 9.85. The highest BCUT2D eigenvalue weighted by atomic mass is 32.1. The van der Waals surface area contributed by atoms with Crippen molar-refractivity contribution >= 4 is 69.2 Å². The first-order valence-electron chi connectivity index (χ1n) is 20.4. The Morgan fingerprint density at radius 1 is 1.03 bits per heavy atom. The Kier molecular flexibility index (Phi) is 12.3. The molecule has 2 N–H and O–H groups in total. The lowest BCUT2D eigenvalue weighted by atomic mass is 9.82. The summed E-state index contributed by atoms with van der Waals surface area (Å²) in [6, 6.07) is 6.95. The van der Waals surface area contributed by atoms with Gasteiger partial charge in [0.2, 0.25) is 11.8 Å². The molecule has 7 rings (SSSR count). The minimum Gasteiger partial charge on any atom is -0.331 e. The minimum absolute atomic E-state index is 0.0206. The van der Waals surface area contributed by atoms with Crippen LogP contribution in [-0.2, 0) is 27.6 Å². The number of alkyl halides is 6. The Balaban J connectivity index is 0.910. The van der Waals surface area contributed by atoms with Crippen LogP contribution in [0.2, 0.25) is 0 Å². The molecule has 1 aliphatic carbocycles. The van der Waals surface area contributed by atoms with E-state index in [9.17, 15) is 50.8 Å². The van der Waals surface area contributed by atoms with Gasteiger partial charge >= 0.3 is 18.4 Å². The van der Waals surface area contributed by atoms with E-state index in [1.807, 2.05) is 0 Å². The molecule has 332 valence electrons. The fraction of sp³-hybridized carbons (Fsp3) is 0.537. The van der Waals surface area contributed by atoms with E-state index >= 15 is 0 Å². The molecule has 21 heteroatoms. The minimum atomic E-state index is -4.81. The van der Waals surface area contributed by atoms with Crippen molar-refractivity contribution in [2.75, 3.05) is 54.4 Å². The lowest BCUT2D eigenvalue weighted by Crippen LogP contribution is -2.60. The summed E-state index contributed by atoms with van der Waals surface area (Å²) >= 11 is 5.72. The van der Waals surface area contributed by atoms with Gasteiger partial charge in [-0.15, -0.1) is 0 Å². The number of carbonyl (C=O) groups excluding carboxylic acids is 4. The van der Waals surface area contributed by atoms with E-state index in [0.717, 1.165) is 41.2 Å². The van der Waals surface area contributed by atoms with Crippen LogP contribution >= 0.6 is 12.2 Å². The van der Waals surface area contributed by atoms with Crippen molar-refractivity contribution in [3.63, 3.8) is 0 Å². The molecule has 4 heterocycles. The number of thiocarbonyl (C=S) groups is 1. The summed E-state index contributed by atoms with van der Waals surface area (Å²) in [5.74, 6) is -0.945. The highest BCUT2D eigenvalue weighted by Gasteiger charge is 2.53. The van der Waals surface area contributed by atoms with Crippen LogP contribution in [0.5, 0.6) is 0 Å². The van der Waals surface area contributed by atoms with Crippen molar-refractivity contribution < 1.29 is 45.5 Å². The second-order valence-corrected chi connectivity index (χ2v) is 17.2. The van der Waals surface area contributed by atoms with Gasteiger partial charge < -0.3 is 15.1 Å². The Hall–Kier alpha value is -5.33. The van der Waals surface area contributed by atoms with Crippen molar-refractivity contribution in [1.82, 2.24) is 29.8 Å². The summed E-state index contributed by atoms with van der Waals surface area (Å²) in [5.41, 5.74) is -2.13. The van der Waals surface area contributed by atoms with Crippen molar-refractivity contribution in [1.29, 1.82) is 5.26 Å². The van der Waals surface area contributed by atoms with Gasteiger partial charge in [-0.25, -0.2) is 4.79 Å². The van der Waals surface area contributed by atoms with Gasteiger partial charge in [0.25, 0.3) is 5.91 Å². The molecule has 1 unspecified atom stereocenters. The second kappa shape index (κ2) is 17.1. The molecule has 5 amide bonds. The predicted molar refractivity (Wildman–Crippen MR) is 220 cm³/mol. The number of carbonyl (C=O) groups is 4. The molecule has 1 saturated carbocycles. The molecule has 1 aromatic heterocycles. The van der Waals surface area contributed by atoms with Gasteiger partial charge in [0, 0.05) is 51.1 Å².